The molecule has 2 rings (SSSR count). The van der Waals surface area contributed by atoms with Gasteiger partial charge in [-0.2, -0.15) is 0 Å². The lowest BCUT2D eigenvalue weighted by Gasteiger charge is -2.03. The van der Waals surface area contributed by atoms with Gasteiger partial charge in [-0.15, -0.1) is 0 Å². The molecule has 72 valence electrons. The molecular weight excluding hydrogens is 186 g/mol. The predicted octanol–water partition coefficient (Wildman–Crippen LogP) is 2.71. The van der Waals surface area contributed by atoms with Crippen molar-refractivity contribution in [3.05, 3.63) is 41.5 Å². The Balaban J connectivity index is 2.51. The Labute approximate surface area is 80.1 Å². The van der Waals surface area contributed by atoms with Gasteiger partial charge in [-0.05, 0) is 12.5 Å². The number of hydrogen-bond donors (Lipinski definition) is 0. The van der Waals surface area contributed by atoms with Crippen molar-refractivity contribution < 1.29 is 13.6 Å². The fourth-order valence-corrected chi connectivity index (χ4v) is 1.57. The van der Waals surface area contributed by atoms with Crippen LogP contribution in [0.3, 0.4) is 0 Å². The third-order valence-corrected chi connectivity index (χ3v) is 2.26. The number of rotatable bonds is 1. The van der Waals surface area contributed by atoms with Crippen molar-refractivity contribution in [2.75, 3.05) is 0 Å². The molecule has 0 heterocycles. The van der Waals surface area contributed by atoms with Crippen molar-refractivity contribution in [2.45, 2.75) is 12.8 Å². The van der Waals surface area contributed by atoms with E-state index >= 15 is 0 Å². The molecule has 3 heteroatoms. The number of allylic oxidation sites excluding steroid dienone is 2. The molecular formula is C11H8F2O. The maximum absolute atomic E-state index is 13.3. The first-order valence-electron chi connectivity index (χ1n) is 4.38. The number of benzene rings is 1. The Morgan fingerprint density at radius 2 is 2.00 bits per heavy atom. The van der Waals surface area contributed by atoms with Crippen LogP contribution in [0.2, 0.25) is 0 Å². The molecule has 1 aliphatic rings. The van der Waals surface area contributed by atoms with E-state index in [4.69, 9.17) is 0 Å². The van der Waals surface area contributed by atoms with Gasteiger partial charge >= 0.3 is 0 Å². The van der Waals surface area contributed by atoms with Gasteiger partial charge in [0.05, 0.1) is 0 Å². The first-order valence-corrected chi connectivity index (χ1v) is 4.38. The minimum atomic E-state index is -0.936. The van der Waals surface area contributed by atoms with Gasteiger partial charge in [-0.25, -0.2) is 8.78 Å². The molecule has 0 spiro atoms. The summed E-state index contributed by atoms with van der Waals surface area (Å²) in [5.74, 6) is -1.97. The highest BCUT2D eigenvalue weighted by Gasteiger charge is 2.20. The van der Waals surface area contributed by atoms with Gasteiger partial charge in [-0.3, -0.25) is 4.79 Å². The Hall–Kier alpha value is -1.51. The molecule has 0 saturated heterocycles. The van der Waals surface area contributed by atoms with Gasteiger partial charge in [0, 0.05) is 17.6 Å². The molecule has 1 aromatic carbocycles. The topological polar surface area (TPSA) is 17.1 Å². The molecule has 0 saturated carbocycles. The van der Waals surface area contributed by atoms with Crippen molar-refractivity contribution >= 4 is 11.4 Å². The zero-order valence-electron chi connectivity index (χ0n) is 7.39. The maximum atomic E-state index is 13.3. The quantitative estimate of drug-likeness (QED) is 0.671. The van der Waals surface area contributed by atoms with Crippen LogP contribution < -0.4 is 0 Å². The van der Waals surface area contributed by atoms with Gasteiger partial charge in [0.1, 0.15) is 0 Å². The number of ketones is 1. The molecule has 0 amide bonds. The zero-order chi connectivity index (χ0) is 10.1. The van der Waals surface area contributed by atoms with Crippen LogP contribution in [0, 0.1) is 11.6 Å². The molecule has 0 bridgehead atoms. The molecule has 0 N–H and O–H groups in total. The third-order valence-electron chi connectivity index (χ3n) is 2.26. The van der Waals surface area contributed by atoms with Gasteiger partial charge < -0.3 is 0 Å². The van der Waals surface area contributed by atoms with Crippen LogP contribution in [-0.4, -0.2) is 5.78 Å². The summed E-state index contributed by atoms with van der Waals surface area (Å²) in [5.41, 5.74) is 0.384. The van der Waals surface area contributed by atoms with E-state index in [-0.39, 0.29) is 11.3 Å². The minimum Gasteiger partial charge on any atom is -0.294 e. The van der Waals surface area contributed by atoms with Crippen molar-refractivity contribution in [1.82, 2.24) is 0 Å². The second-order valence-corrected chi connectivity index (χ2v) is 3.18. The first kappa shape index (κ1) is 9.06. The summed E-state index contributed by atoms with van der Waals surface area (Å²) in [6.45, 7) is 0. The van der Waals surface area contributed by atoms with Gasteiger partial charge in [-0.1, -0.05) is 18.2 Å². The average molecular weight is 194 g/mol. The smallest absolute Gasteiger partial charge is 0.166 e. The Bertz CT molecular complexity index is 421. The summed E-state index contributed by atoms with van der Waals surface area (Å²) in [4.78, 5) is 11.3. The normalized spacial score (nSPS) is 15.9. The molecule has 14 heavy (non-hydrogen) atoms. The standard InChI is InChI=1S/C11H8F2O/c12-9-5-1-4-8(11(9)13)7-3-2-6-10(7)14/h1,3-5H,2,6H2. The minimum absolute atomic E-state index is 0.0764. The molecule has 0 fully saturated rings. The van der Waals surface area contributed by atoms with Gasteiger partial charge in [0.15, 0.2) is 17.4 Å². The summed E-state index contributed by atoms with van der Waals surface area (Å²) in [7, 11) is 0. The zero-order valence-corrected chi connectivity index (χ0v) is 7.39. The largest absolute Gasteiger partial charge is 0.294 e. The number of hydrogen-bond acceptors (Lipinski definition) is 1. The average Bonchev–Trinajstić information content (AvgIpc) is 2.57. The van der Waals surface area contributed by atoms with E-state index in [0.717, 1.165) is 6.07 Å². The lowest BCUT2D eigenvalue weighted by atomic mass is 10.0. The molecule has 1 aromatic rings. The molecule has 0 atom stereocenters. The fraction of sp³-hybridized carbons (Fsp3) is 0.182. The highest BCUT2D eigenvalue weighted by molar-refractivity contribution is 6.22. The third kappa shape index (κ3) is 1.35. The number of Topliss-reactive ketones (excluding diaryl/α,β-unsaturated/α-hetero) is 1. The van der Waals surface area contributed by atoms with Crippen molar-refractivity contribution in [3.8, 4) is 0 Å². The molecule has 0 unspecified atom stereocenters. The van der Waals surface area contributed by atoms with E-state index in [1.165, 1.54) is 12.1 Å². The summed E-state index contributed by atoms with van der Waals surface area (Å²) >= 11 is 0. The molecule has 0 aromatic heterocycles. The van der Waals surface area contributed by atoms with Crippen LogP contribution in [0.15, 0.2) is 24.3 Å². The van der Waals surface area contributed by atoms with E-state index in [1.807, 2.05) is 0 Å². The van der Waals surface area contributed by atoms with Crippen LogP contribution in [0.4, 0.5) is 8.78 Å². The maximum Gasteiger partial charge on any atom is 0.166 e. The fourth-order valence-electron chi connectivity index (χ4n) is 1.57. The highest BCUT2D eigenvalue weighted by Crippen LogP contribution is 2.27. The van der Waals surface area contributed by atoms with Crippen molar-refractivity contribution in [3.63, 3.8) is 0 Å². The van der Waals surface area contributed by atoms with E-state index in [1.54, 1.807) is 6.08 Å². The van der Waals surface area contributed by atoms with Crippen LogP contribution in [0.5, 0.6) is 0 Å². The van der Waals surface area contributed by atoms with Crippen LogP contribution in [0.25, 0.3) is 5.57 Å². The number of carbonyl (C=O) groups excluding carboxylic acids is 1. The van der Waals surface area contributed by atoms with Crippen molar-refractivity contribution in [2.24, 2.45) is 0 Å². The summed E-state index contributed by atoms with van der Waals surface area (Å²) in [6.07, 6.45) is 2.66. The van der Waals surface area contributed by atoms with E-state index in [9.17, 15) is 13.6 Å². The molecule has 0 aliphatic heterocycles. The van der Waals surface area contributed by atoms with Gasteiger partial charge in [0.2, 0.25) is 0 Å². The van der Waals surface area contributed by atoms with Gasteiger partial charge in [0.25, 0.3) is 0 Å². The highest BCUT2D eigenvalue weighted by atomic mass is 19.2. The van der Waals surface area contributed by atoms with Crippen LogP contribution in [-0.2, 0) is 4.79 Å². The second kappa shape index (κ2) is 3.33. The van der Waals surface area contributed by atoms with Crippen molar-refractivity contribution in [1.29, 1.82) is 0 Å². The Kier molecular flexibility index (Phi) is 2.15. The SMILES string of the molecule is O=C1CCC=C1c1cccc(F)c1F. The summed E-state index contributed by atoms with van der Waals surface area (Å²) < 4.78 is 26.1. The molecule has 1 nitrogen and oxygen atoms in total. The lowest BCUT2D eigenvalue weighted by molar-refractivity contribution is -0.113. The van der Waals surface area contributed by atoms with E-state index < -0.39 is 11.6 Å². The van der Waals surface area contributed by atoms with Crippen LogP contribution in [0.1, 0.15) is 18.4 Å². The summed E-state index contributed by atoms with van der Waals surface area (Å²) in [5, 5.41) is 0. The Morgan fingerprint density at radius 1 is 1.21 bits per heavy atom. The molecule has 0 radical (unpaired) electrons. The second-order valence-electron chi connectivity index (χ2n) is 3.18. The predicted molar refractivity (Wildman–Crippen MR) is 48.6 cm³/mol. The van der Waals surface area contributed by atoms with Crippen LogP contribution >= 0.6 is 0 Å². The Morgan fingerprint density at radius 3 is 2.64 bits per heavy atom. The lowest BCUT2D eigenvalue weighted by Crippen LogP contribution is -1.99. The van der Waals surface area contributed by atoms with E-state index in [2.05, 4.69) is 0 Å². The first-order chi connectivity index (χ1) is 6.70. The summed E-state index contributed by atoms with van der Waals surface area (Å²) in [6, 6.07) is 3.87. The number of halogens is 2. The van der Waals surface area contributed by atoms with E-state index in [0.29, 0.717) is 18.4 Å². The monoisotopic (exact) mass is 194 g/mol. The number of carbonyl (C=O) groups is 1. The molecule has 1 aliphatic carbocycles.